The fourth-order valence-corrected chi connectivity index (χ4v) is 3.73. The molecule has 0 saturated heterocycles. The molecule has 1 aromatic heterocycles. The smallest absolute Gasteiger partial charge is 0.251 e. The van der Waals surface area contributed by atoms with Crippen LogP contribution in [0.25, 0.3) is 11.1 Å². The van der Waals surface area contributed by atoms with Gasteiger partial charge in [-0.05, 0) is 42.2 Å². The Morgan fingerprint density at radius 2 is 1.74 bits per heavy atom. The average Bonchev–Trinajstić information content (AvgIpc) is 2.84. The van der Waals surface area contributed by atoms with E-state index in [1.165, 1.54) is 11.3 Å². The summed E-state index contributed by atoms with van der Waals surface area (Å²) in [6, 6.07) is 8.65. The molecule has 1 aromatic carbocycles. The second kappa shape index (κ2) is 8.33. The minimum absolute atomic E-state index is 0.108. The molecule has 0 radical (unpaired) electrons. The highest BCUT2D eigenvalue weighted by Gasteiger charge is 2.24. The number of benzene rings is 1. The van der Waals surface area contributed by atoms with Crippen LogP contribution in [0.15, 0.2) is 24.3 Å². The number of carbonyl (C=O) groups excluding carboxylic acids is 1. The van der Waals surface area contributed by atoms with Gasteiger partial charge in [0.05, 0.1) is 5.56 Å². The molecule has 2 rings (SSSR count). The number of hydrogen-bond acceptors (Lipinski definition) is 1. The van der Waals surface area contributed by atoms with E-state index in [1.807, 2.05) is 6.92 Å². The molecule has 1 heterocycles. The summed E-state index contributed by atoms with van der Waals surface area (Å²) >= 11 is 0. The van der Waals surface area contributed by atoms with Gasteiger partial charge in [-0.25, -0.2) is 0 Å². The maximum atomic E-state index is 12.4. The maximum Gasteiger partial charge on any atom is 0.251 e. The van der Waals surface area contributed by atoms with Gasteiger partial charge in [0, 0.05) is 23.5 Å². The molecule has 0 aliphatic heterocycles. The predicted octanol–water partition coefficient (Wildman–Crippen LogP) is 5.86. The standard InChI is InChI=1S/C24H36N2O/c1-8-9-20-22(18-10-12-19(13-11-18)24(5,6)7)21(23(25)27)17(4)26(20)15-14-16(2)3/h10-13,16H,8-9,14-15H2,1-7H3,(H2,25,27). The van der Waals surface area contributed by atoms with Gasteiger partial charge in [-0.2, -0.15) is 0 Å². The van der Waals surface area contributed by atoms with Crippen LogP contribution in [-0.4, -0.2) is 10.5 Å². The number of amides is 1. The van der Waals surface area contributed by atoms with Crippen LogP contribution in [0.3, 0.4) is 0 Å². The van der Waals surface area contributed by atoms with Crippen LogP contribution < -0.4 is 5.73 Å². The van der Waals surface area contributed by atoms with Gasteiger partial charge >= 0.3 is 0 Å². The summed E-state index contributed by atoms with van der Waals surface area (Å²) in [6.07, 6.45) is 3.08. The Hall–Kier alpha value is -2.03. The molecular formula is C24H36N2O. The van der Waals surface area contributed by atoms with Gasteiger partial charge < -0.3 is 10.3 Å². The SMILES string of the molecule is CCCc1c(-c2ccc(C(C)(C)C)cc2)c(C(N)=O)c(C)n1CCC(C)C. The minimum atomic E-state index is -0.331. The summed E-state index contributed by atoms with van der Waals surface area (Å²) in [4.78, 5) is 12.4. The molecule has 0 saturated carbocycles. The van der Waals surface area contributed by atoms with E-state index in [0.717, 1.165) is 42.6 Å². The van der Waals surface area contributed by atoms with Crippen molar-refractivity contribution in [2.45, 2.75) is 79.7 Å². The highest BCUT2D eigenvalue weighted by molar-refractivity contribution is 6.02. The fraction of sp³-hybridized carbons (Fsp3) is 0.542. The molecule has 27 heavy (non-hydrogen) atoms. The number of hydrogen-bond donors (Lipinski definition) is 1. The third-order valence-electron chi connectivity index (χ3n) is 5.33. The largest absolute Gasteiger partial charge is 0.366 e. The number of primary amides is 1. The van der Waals surface area contributed by atoms with Crippen LogP contribution >= 0.6 is 0 Å². The van der Waals surface area contributed by atoms with E-state index in [-0.39, 0.29) is 11.3 Å². The van der Waals surface area contributed by atoms with Crippen molar-refractivity contribution in [2.24, 2.45) is 11.7 Å². The average molecular weight is 369 g/mol. The van der Waals surface area contributed by atoms with Crippen LogP contribution in [0.2, 0.25) is 0 Å². The first kappa shape index (κ1) is 21.3. The van der Waals surface area contributed by atoms with Crippen molar-refractivity contribution in [1.29, 1.82) is 0 Å². The van der Waals surface area contributed by atoms with Crippen molar-refractivity contribution in [1.82, 2.24) is 4.57 Å². The molecule has 0 fully saturated rings. The van der Waals surface area contributed by atoms with Crippen LogP contribution in [0, 0.1) is 12.8 Å². The van der Waals surface area contributed by atoms with E-state index in [0.29, 0.717) is 11.5 Å². The normalized spacial score (nSPS) is 12.0. The molecule has 0 spiro atoms. The Morgan fingerprint density at radius 1 is 1.15 bits per heavy atom. The third-order valence-corrected chi connectivity index (χ3v) is 5.33. The van der Waals surface area contributed by atoms with Crippen molar-refractivity contribution >= 4 is 5.91 Å². The van der Waals surface area contributed by atoms with Crippen LogP contribution in [0.5, 0.6) is 0 Å². The Kier molecular flexibility index (Phi) is 6.56. The molecule has 0 aliphatic carbocycles. The zero-order valence-corrected chi connectivity index (χ0v) is 18.1. The number of carbonyl (C=O) groups is 1. The monoisotopic (exact) mass is 368 g/mol. The fourth-order valence-electron chi connectivity index (χ4n) is 3.73. The lowest BCUT2D eigenvalue weighted by atomic mass is 9.86. The molecule has 3 heteroatoms. The summed E-state index contributed by atoms with van der Waals surface area (Å²) in [5, 5.41) is 0. The zero-order valence-electron chi connectivity index (χ0n) is 18.1. The molecule has 0 bridgehead atoms. The van der Waals surface area contributed by atoms with Gasteiger partial charge in [0.1, 0.15) is 0 Å². The zero-order chi connectivity index (χ0) is 20.4. The third kappa shape index (κ3) is 4.63. The quantitative estimate of drug-likeness (QED) is 0.654. The van der Waals surface area contributed by atoms with Crippen molar-refractivity contribution in [3.63, 3.8) is 0 Å². The Balaban J connectivity index is 2.65. The molecule has 1 amide bonds. The van der Waals surface area contributed by atoms with Crippen LogP contribution in [0.1, 0.15) is 81.7 Å². The summed E-state index contributed by atoms with van der Waals surface area (Å²) in [5.41, 5.74) is 12.3. The first-order chi connectivity index (χ1) is 12.6. The van der Waals surface area contributed by atoms with Crippen molar-refractivity contribution < 1.29 is 4.79 Å². The second-order valence-corrected chi connectivity index (χ2v) is 9.06. The predicted molar refractivity (Wildman–Crippen MR) is 115 cm³/mol. The summed E-state index contributed by atoms with van der Waals surface area (Å²) in [6.45, 7) is 16.3. The molecule has 0 atom stereocenters. The topological polar surface area (TPSA) is 48.0 Å². The van der Waals surface area contributed by atoms with Gasteiger partial charge in [-0.15, -0.1) is 0 Å². The van der Waals surface area contributed by atoms with Gasteiger partial charge in [-0.3, -0.25) is 4.79 Å². The molecule has 3 nitrogen and oxygen atoms in total. The first-order valence-corrected chi connectivity index (χ1v) is 10.2. The van der Waals surface area contributed by atoms with Crippen molar-refractivity contribution in [3.8, 4) is 11.1 Å². The Morgan fingerprint density at radius 3 is 2.19 bits per heavy atom. The van der Waals surface area contributed by atoms with Crippen LogP contribution in [0.4, 0.5) is 0 Å². The van der Waals surface area contributed by atoms with E-state index < -0.39 is 0 Å². The minimum Gasteiger partial charge on any atom is -0.366 e. The van der Waals surface area contributed by atoms with Crippen molar-refractivity contribution in [2.75, 3.05) is 0 Å². The lowest BCUT2D eigenvalue weighted by Crippen LogP contribution is -2.14. The molecular weight excluding hydrogens is 332 g/mol. The highest BCUT2D eigenvalue weighted by atomic mass is 16.1. The van der Waals surface area contributed by atoms with Gasteiger partial charge in [-0.1, -0.05) is 72.2 Å². The number of aromatic nitrogens is 1. The molecule has 2 N–H and O–H groups in total. The lowest BCUT2D eigenvalue weighted by Gasteiger charge is -2.19. The second-order valence-electron chi connectivity index (χ2n) is 9.06. The number of rotatable bonds is 7. The van der Waals surface area contributed by atoms with Crippen molar-refractivity contribution in [3.05, 3.63) is 46.8 Å². The van der Waals surface area contributed by atoms with Crippen LogP contribution in [-0.2, 0) is 18.4 Å². The van der Waals surface area contributed by atoms with E-state index in [9.17, 15) is 4.79 Å². The molecule has 148 valence electrons. The summed E-state index contributed by atoms with van der Waals surface area (Å²) in [5.74, 6) is 0.288. The Bertz CT molecular complexity index is 789. The maximum absolute atomic E-state index is 12.4. The highest BCUT2D eigenvalue weighted by Crippen LogP contribution is 2.35. The van der Waals surface area contributed by atoms with Gasteiger partial charge in [0.25, 0.3) is 5.91 Å². The first-order valence-electron chi connectivity index (χ1n) is 10.2. The van der Waals surface area contributed by atoms with E-state index in [4.69, 9.17) is 5.73 Å². The number of nitrogens with zero attached hydrogens (tertiary/aromatic N) is 1. The van der Waals surface area contributed by atoms with Gasteiger partial charge in [0.2, 0.25) is 0 Å². The Labute approximate surface area is 165 Å². The van der Waals surface area contributed by atoms with E-state index in [2.05, 4.69) is 70.4 Å². The van der Waals surface area contributed by atoms with E-state index >= 15 is 0 Å². The molecule has 0 aliphatic rings. The summed E-state index contributed by atoms with van der Waals surface area (Å²) in [7, 11) is 0. The van der Waals surface area contributed by atoms with Gasteiger partial charge in [0.15, 0.2) is 0 Å². The number of nitrogens with two attached hydrogens (primary N) is 1. The van der Waals surface area contributed by atoms with E-state index in [1.54, 1.807) is 0 Å². The molecule has 2 aromatic rings. The molecule has 0 unspecified atom stereocenters. The lowest BCUT2D eigenvalue weighted by molar-refractivity contribution is 0.1000. The summed E-state index contributed by atoms with van der Waals surface area (Å²) < 4.78 is 2.33.